The van der Waals surface area contributed by atoms with Crippen LogP contribution < -0.4 is 9.80 Å². The average molecular weight is 425 g/mol. The quantitative estimate of drug-likeness (QED) is 0.700. The number of carbonyl (C=O) groups is 3. The van der Waals surface area contributed by atoms with Crippen molar-refractivity contribution < 1.29 is 28.2 Å². The zero-order valence-electron chi connectivity index (χ0n) is 16.6. The van der Waals surface area contributed by atoms with Gasteiger partial charge in [0.1, 0.15) is 11.9 Å². The highest BCUT2D eigenvalue weighted by Gasteiger charge is 2.40. The summed E-state index contributed by atoms with van der Waals surface area (Å²) in [7, 11) is 0. The Bertz CT molecular complexity index is 1030. The molecule has 31 heavy (non-hydrogen) atoms. The van der Waals surface area contributed by atoms with Gasteiger partial charge in [-0.1, -0.05) is 12.1 Å². The van der Waals surface area contributed by atoms with Crippen LogP contribution in [0.4, 0.5) is 20.6 Å². The van der Waals surface area contributed by atoms with Crippen LogP contribution in [0.25, 0.3) is 0 Å². The fourth-order valence-corrected chi connectivity index (χ4v) is 4.16. The lowest BCUT2D eigenvalue weighted by Crippen LogP contribution is -2.38. The van der Waals surface area contributed by atoms with Gasteiger partial charge in [-0.3, -0.25) is 19.4 Å². The van der Waals surface area contributed by atoms with E-state index in [1.54, 1.807) is 36.4 Å². The number of amides is 3. The Morgan fingerprint density at radius 1 is 0.968 bits per heavy atom. The van der Waals surface area contributed by atoms with Crippen LogP contribution >= 0.6 is 0 Å². The van der Waals surface area contributed by atoms with Crippen molar-refractivity contribution in [3.8, 4) is 0 Å². The van der Waals surface area contributed by atoms with E-state index >= 15 is 0 Å². The third-order valence-electron chi connectivity index (χ3n) is 5.73. The van der Waals surface area contributed by atoms with Gasteiger partial charge < -0.3 is 14.4 Å². The molecule has 0 bridgehead atoms. The Morgan fingerprint density at radius 2 is 1.65 bits per heavy atom. The number of morpholine rings is 1. The Kier molecular flexibility index (Phi) is 4.82. The molecule has 8 nitrogen and oxygen atoms in total. The molecule has 0 radical (unpaired) electrons. The zero-order valence-corrected chi connectivity index (χ0v) is 16.6. The Morgan fingerprint density at radius 3 is 2.29 bits per heavy atom. The van der Waals surface area contributed by atoms with Crippen molar-refractivity contribution in [3.63, 3.8) is 0 Å². The van der Waals surface area contributed by atoms with Gasteiger partial charge in [-0.2, -0.15) is 0 Å². The van der Waals surface area contributed by atoms with E-state index in [4.69, 9.17) is 9.47 Å². The molecular formula is C22H20FN3O5. The number of hydrogen-bond acceptors (Lipinski definition) is 6. The normalized spacial score (nSPS) is 21.0. The molecule has 0 saturated carbocycles. The SMILES string of the molecule is O=C1c2ccccc2C(=O)N1CC1CN(c2ccc(N3CCOCC3)c(F)c2)C(=O)O1. The van der Waals surface area contributed by atoms with Gasteiger partial charge in [0.25, 0.3) is 11.8 Å². The minimum atomic E-state index is -0.698. The molecule has 1 unspecified atom stereocenters. The Hall–Kier alpha value is -3.46. The lowest BCUT2D eigenvalue weighted by molar-refractivity contribution is 0.0558. The number of cyclic esters (lactones) is 1. The molecule has 5 rings (SSSR count). The molecule has 2 aromatic rings. The number of anilines is 2. The van der Waals surface area contributed by atoms with E-state index in [1.165, 1.54) is 11.0 Å². The predicted molar refractivity (Wildman–Crippen MR) is 109 cm³/mol. The van der Waals surface area contributed by atoms with E-state index < -0.39 is 29.8 Å². The molecule has 3 heterocycles. The smallest absolute Gasteiger partial charge is 0.414 e. The second-order valence-corrected chi connectivity index (χ2v) is 7.62. The van der Waals surface area contributed by atoms with Crippen molar-refractivity contribution in [3.05, 3.63) is 59.4 Å². The largest absolute Gasteiger partial charge is 0.442 e. The Balaban J connectivity index is 1.29. The van der Waals surface area contributed by atoms with E-state index in [-0.39, 0.29) is 13.1 Å². The number of halogens is 1. The standard InChI is InChI=1S/C22H20FN3O5/c23-18-11-14(5-6-19(18)24-7-9-30-10-8-24)25-12-15(31-22(25)29)13-26-20(27)16-3-1-2-4-17(16)21(26)28/h1-6,11,15H,7-10,12-13H2. The topological polar surface area (TPSA) is 79.4 Å². The highest BCUT2D eigenvalue weighted by Crippen LogP contribution is 2.29. The molecule has 9 heteroatoms. The van der Waals surface area contributed by atoms with Crippen LogP contribution in [-0.2, 0) is 9.47 Å². The summed E-state index contributed by atoms with van der Waals surface area (Å²) in [6, 6.07) is 11.2. The lowest BCUT2D eigenvalue weighted by atomic mass is 10.1. The molecule has 2 aromatic carbocycles. The summed E-state index contributed by atoms with van der Waals surface area (Å²) in [6.45, 7) is 2.35. The molecule has 0 spiro atoms. The molecule has 3 aliphatic heterocycles. The van der Waals surface area contributed by atoms with Crippen molar-refractivity contribution in [1.29, 1.82) is 0 Å². The first-order valence-corrected chi connectivity index (χ1v) is 10.1. The summed E-state index contributed by atoms with van der Waals surface area (Å²) in [5, 5.41) is 0. The molecule has 0 aliphatic carbocycles. The van der Waals surface area contributed by atoms with E-state index in [2.05, 4.69) is 0 Å². The van der Waals surface area contributed by atoms with E-state index in [1.807, 2.05) is 4.90 Å². The fraction of sp³-hybridized carbons (Fsp3) is 0.318. The predicted octanol–water partition coefficient (Wildman–Crippen LogP) is 2.28. The molecule has 0 aromatic heterocycles. The van der Waals surface area contributed by atoms with E-state index in [9.17, 15) is 18.8 Å². The minimum absolute atomic E-state index is 0.0526. The summed E-state index contributed by atoms with van der Waals surface area (Å²) in [4.78, 5) is 41.8. The summed E-state index contributed by atoms with van der Waals surface area (Å²) >= 11 is 0. The first-order valence-electron chi connectivity index (χ1n) is 10.1. The summed E-state index contributed by atoms with van der Waals surface area (Å²) in [5.74, 6) is -1.25. The Labute approximate surface area is 177 Å². The maximum Gasteiger partial charge on any atom is 0.414 e. The van der Waals surface area contributed by atoms with Crippen LogP contribution in [0.5, 0.6) is 0 Å². The van der Waals surface area contributed by atoms with Gasteiger partial charge in [0, 0.05) is 13.1 Å². The van der Waals surface area contributed by atoms with Gasteiger partial charge in [-0.15, -0.1) is 0 Å². The number of fused-ring (bicyclic) bond motifs is 1. The van der Waals surface area contributed by atoms with E-state index in [0.717, 1.165) is 4.90 Å². The second kappa shape index (κ2) is 7.66. The van der Waals surface area contributed by atoms with Crippen molar-refractivity contribution >= 4 is 29.3 Å². The summed E-state index contributed by atoms with van der Waals surface area (Å²) in [6.07, 6.45) is -1.34. The number of benzene rings is 2. The molecule has 160 valence electrons. The number of imide groups is 1. The molecule has 2 saturated heterocycles. The summed E-state index contributed by atoms with van der Waals surface area (Å²) in [5.41, 5.74) is 1.51. The zero-order chi connectivity index (χ0) is 21.5. The highest BCUT2D eigenvalue weighted by molar-refractivity contribution is 6.21. The van der Waals surface area contributed by atoms with Crippen molar-refractivity contribution in [2.75, 3.05) is 49.2 Å². The fourth-order valence-electron chi connectivity index (χ4n) is 4.16. The lowest BCUT2D eigenvalue weighted by Gasteiger charge is -2.29. The maximum atomic E-state index is 14.7. The number of nitrogens with zero attached hydrogens (tertiary/aromatic N) is 3. The van der Waals surface area contributed by atoms with Gasteiger partial charge in [0.15, 0.2) is 0 Å². The molecule has 2 fully saturated rings. The third-order valence-corrected chi connectivity index (χ3v) is 5.73. The number of ether oxygens (including phenoxy) is 2. The molecule has 3 amide bonds. The molecule has 3 aliphatic rings. The molecule has 0 N–H and O–H groups in total. The van der Waals surface area contributed by atoms with Crippen molar-refractivity contribution in [1.82, 2.24) is 4.90 Å². The van der Waals surface area contributed by atoms with Crippen molar-refractivity contribution in [2.45, 2.75) is 6.10 Å². The number of rotatable bonds is 4. The first-order chi connectivity index (χ1) is 15.0. The van der Waals surface area contributed by atoms with Crippen molar-refractivity contribution in [2.24, 2.45) is 0 Å². The second-order valence-electron chi connectivity index (χ2n) is 7.62. The van der Waals surface area contributed by atoms with Crippen LogP contribution in [0.1, 0.15) is 20.7 Å². The van der Waals surface area contributed by atoms with Crippen LogP contribution in [-0.4, -0.2) is 68.3 Å². The van der Waals surface area contributed by atoms with E-state index in [0.29, 0.717) is 48.8 Å². The minimum Gasteiger partial charge on any atom is -0.442 e. The van der Waals surface area contributed by atoms with Crippen LogP contribution in [0.15, 0.2) is 42.5 Å². The highest BCUT2D eigenvalue weighted by atomic mass is 19.1. The molecule has 1 atom stereocenters. The van der Waals surface area contributed by atoms with Gasteiger partial charge in [0.2, 0.25) is 0 Å². The number of hydrogen-bond donors (Lipinski definition) is 0. The number of carbonyl (C=O) groups excluding carboxylic acids is 3. The summed E-state index contributed by atoms with van der Waals surface area (Å²) < 4.78 is 25.4. The van der Waals surface area contributed by atoms with Crippen LogP contribution in [0.2, 0.25) is 0 Å². The molecular weight excluding hydrogens is 405 g/mol. The van der Waals surface area contributed by atoms with Crippen LogP contribution in [0, 0.1) is 5.82 Å². The maximum absolute atomic E-state index is 14.7. The first kappa shape index (κ1) is 19.5. The average Bonchev–Trinajstić information content (AvgIpc) is 3.27. The van der Waals surface area contributed by atoms with Gasteiger partial charge in [-0.25, -0.2) is 9.18 Å². The third kappa shape index (κ3) is 3.40. The van der Waals surface area contributed by atoms with Gasteiger partial charge in [0.05, 0.1) is 48.8 Å². The van der Waals surface area contributed by atoms with Gasteiger partial charge in [-0.05, 0) is 30.3 Å². The monoisotopic (exact) mass is 425 g/mol. The van der Waals surface area contributed by atoms with Crippen LogP contribution in [0.3, 0.4) is 0 Å². The van der Waals surface area contributed by atoms with Gasteiger partial charge >= 0.3 is 6.09 Å².